The molecule has 0 aliphatic heterocycles. The van der Waals surface area contributed by atoms with Crippen molar-refractivity contribution in [2.45, 2.75) is 6.54 Å². The number of aromatic nitrogens is 5. The van der Waals surface area contributed by atoms with Gasteiger partial charge in [0.15, 0.2) is 10.8 Å². The average Bonchev–Trinajstić information content (AvgIpc) is 3.17. The Balaban J connectivity index is 1.81. The number of rotatable bonds is 3. The van der Waals surface area contributed by atoms with Crippen molar-refractivity contribution in [1.82, 2.24) is 24.1 Å². The van der Waals surface area contributed by atoms with Gasteiger partial charge in [-0.1, -0.05) is 17.4 Å². The molecule has 4 aromatic heterocycles. The molecule has 0 fully saturated rings. The zero-order chi connectivity index (χ0) is 16.0. The standard InChI is InChI=1S/C15H14N6OS/c1-19(2)15-18-13-12(23-15)14(22)20(9-16-13)8-11-5-3-4-10-6-7-17-21(10)11/h3-7,9H,8H2,1-2H3. The highest BCUT2D eigenvalue weighted by Gasteiger charge is 2.12. The molecular formula is C15H14N6OS. The smallest absolute Gasteiger partial charge is 0.273 e. The second-order valence-electron chi connectivity index (χ2n) is 5.41. The summed E-state index contributed by atoms with van der Waals surface area (Å²) in [7, 11) is 3.79. The first-order valence-corrected chi connectivity index (χ1v) is 7.90. The van der Waals surface area contributed by atoms with Gasteiger partial charge in [-0.05, 0) is 18.2 Å². The van der Waals surface area contributed by atoms with Gasteiger partial charge in [-0.25, -0.2) is 9.50 Å². The van der Waals surface area contributed by atoms with Gasteiger partial charge in [0, 0.05) is 20.3 Å². The van der Waals surface area contributed by atoms with Crippen LogP contribution in [0.4, 0.5) is 5.13 Å². The Kier molecular flexibility index (Phi) is 3.12. The highest BCUT2D eigenvalue weighted by atomic mass is 32.1. The Morgan fingerprint density at radius 1 is 1.26 bits per heavy atom. The van der Waals surface area contributed by atoms with Crippen molar-refractivity contribution in [3.05, 3.63) is 52.8 Å². The van der Waals surface area contributed by atoms with Crippen molar-refractivity contribution in [3.63, 3.8) is 0 Å². The van der Waals surface area contributed by atoms with E-state index < -0.39 is 0 Å². The largest absolute Gasteiger partial charge is 0.354 e. The SMILES string of the molecule is CN(C)c1nc2ncn(Cc3cccc4ccnn34)c(=O)c2s1. The average molecular weight is 326 g/mol. The monoisotopic (exact) mass is 326 g/mol. The van der Waals surface area contributed by atoms with Gasteiger partial charge in [-0.2, -0.15) is 10.1 Å². The normalized spacial score (nSPS) is 11.4. The molecule has 4 aromatic rings. The van der Waals surface area contributed by atoms with Crippen LogP contribution in [0.25, 0.3) is 15.9 Å². The van der Waals surface area contributed by atoms with Crippen LogP contribution in [0.15, 0.2) is 41.6 Å². The summed E-state index contributed by atoms with van der Waals surface area (Å²) in [6.07, 6.45) is 3.29. The van der Waals surface area contributed by atoms with Crippen molar-refractivity contribution >= 4 is 32.3 Å². The molecule has 0 atom stereocenters. The van der Waals surface area contributed by atoms with Crippen LogP contribution >= 0.6 is 11.3 Å². The summed E-state index contributed by atoms with van der Waals surface area (Å²) in [6, 6.07) is 7.82. The predicted octanol–water partition coefficient (Wildman–Crippen LogP) is 1.61. The van der Waals surface area contributed by atoms with E-state index >= 15 is 0 Å². The van der Waals surface area contributed by atoms with Crippen molar-refractivity contribution in [2.75, 3.05) is 19.0 Å². The van der Waals surface area contributed by atoms with Crippen LogP contribution in [0, 0.1) is 0 Å². The second kappa shape index (κ2) is 5.17. The van der Waals surface area contributed by atoms with E-state index in [0.717, 1.165) is 16.3 Å². The molecule has 0 radical (unpaired) electrons. The lowest BCUT2D eigenvalue weighted by Gasteiger charge is -2.07. The first-order valence-electron chi connectivity index (χ1n) is 7.08. The highest BCUT2D eigenvalue weighted by molar-refractivity contribution is 7.22. The summed E-state index contributed by atoms with van der Waals surface area (Å²) in [4.78, 5) is 23.2. The Morgan fingerprint density at radius 3 is 2.96 bits per heavy atom. The fourth-order valence-electron chi connectivity index (χ4n) is 2.44. The molecule has 0 aromatic carbocycles. The van der Waals surface area contributed by atoms with E-state index in [-0.39, 0.29) is 5.56 Å². The number of thiazole rings is 1. The van der Waals surface area contributed by atoms with Crippen molar-refractivity contribution in [2.24, 2.45) is 0 Å². The van der Waals surface area contributed by atoms with Gasteiger partial charge < -0.3 is 4.90 Å². The van der Waals surface area contributed by atoms with Gasteiger partial charge in [0.2, 0.25) is 0 Å². The summed E-state index contributed by atoms with van der Waals surface area (Å²) < 4.78 is 3.99. The van der Waals surface area contributed by atoms with E-state index in [2.05, 4.69) is 15.1 Å². The van der Waals surface area contributed by atoms with E-state index in [0.29, 0.717) is 16.9 Å². The first-order chi connectivity index (χ1) is 11.1. The van der Waals surface area contributed by atoms with Gasteiger partial charge in [0.25, 0.3) is 5.56 Å². The number of pyridine rings is 1. The molecule has 0 amide bonds. The molecule has 0 unspecified atom stereocenters. The third-order valence-electron chi connectivity index (χ3n) is 3.59. The number of anilines is 1. The van der Waals surface area contributed by atoms with Crippen LogP contribution < -0.4 is 10.5 Å². The van der Waals surface area contributed by atoms with Crippen LogP contribution in [-0.2, 0) is 6.54 Å². The lowest BCUT2D eigenvalue weighted by molar-refractivity contribution is 0.702. The maximum Gasteiger partial charge on any atom is 0.273 e. The molecule has 23 heavy (non-hydrogen) atoms. The minimum Gasteiger partial charge on any atom is -0.354 e. The first kappa shape index (κ1) is 13.9. The van der Waals surface area contributed by atoms with Crippen LogP contribution in [-0.4, -0.2) is 38.2 Å². The minimum absolute atomic E-state index is 0.0789. The van der Waals surface area contributed by atoms with Crippen LogP contribution in [0.5, 0.6) is 0 Å². The van der Waals surface area contributed by atoms with Crippen molar-refractivity contribution in [1.29, 1.82) is 0 Å². The van der Waals surface area contributed by atoms with Crippen molar-refractivity contribution in [3.8, 4) is 0 Å². The van der Waals surface area contributed by atoms with Gasteiger partial charge >= 0.3 is 0 Å². The van der Waals surface area contributed by atoms with Gasteiger partial charge in [-0.3, -0.25) is 9.36 Å². The number of fused-ring (bicyclic) bond motifs is 2. The molecule has 0 bridgehead atoms. The lowest BCUT2D eigenvalue weighted by atomic mass is 10.3. The lowest BCUT2D eigenvalue weighted by Crippen LogP contribution is -2.21. The third-order valence-corrected chi connectivity index (χ3v) is 4.79. The summed E-state index contributed by atoms with van der Waals surface area (Å²) in [5, 5.41) is 5.07. The molecule has 0 aliphatic rings. The molecule has 0 saturated carbocycles. The zero-order valence-electron chi connectivity index (χ0n) is 12.7. The molecule has 8 heteroatoms. The molecule has 4 heterocycles. The van der Waals surface area contributed by atoms with E-state index in [1.165, 1.54) is 11.3 Å². The van der Waals surface area contributed by atoms with E-state index in [1.54, 1.807) is 17.1 Å². The van der Waals surface area contributed by atoms with E-state index in [1.807, 2.05) is 47.8 Å². The third kappa shape index (κ3) is 2.27. The predicted molar refractivity (Wildman–Crippen MR) is 90.3 cm³/mol. The van der Waals surface area contributed by atoms with Gasteiger partial charge in [0.1, 0.15) is 11.0 Å². The number of hydrogen-bond acceptors (Lipinski definition) is 6. The van der Waals surface area contributed by atoms with E-state index in [9.17, 15) is 4.79 Å². The highest BCUT2D eigenvalue weighted by Crippen LogP contribution is 2.23. The zero-order valence-corrected chi connectivity index (χ0v) is 13.5. The summed E-state index contributed by atoms with van der Waals surface area (Å²) in [5.41, 5.74) is 2.34. The molecule has 0 N–H and O–H groups in total. The Labute approximate surface area is 135 Å². The minimum atomic E-state index is -0.0789. The Morgan fingerprint density at radius 2 is 2.13 bits per heavy atom. The quantitative estimate of drug-likeness (QED) is 0.572. The molecular weight excluding hydrogens is 312 g/mol. The molecule has 7 nitrogen and oxygen atoms in total. The molecule has 0 aliphatic carbocycles. The number of nitrogens with zero attached hydrogens (tertiary/aromatic N) is 6. The maximum atomic E-state index is 12.7. The van der Waals surface area contributed by atoms with Gasteiger partial charge in [-0.15, -0.1) is 0 Å². The van der Waals surface area contributed by atoms with Crippen molar-refractivity contribution < 1.29 is 0 Å². The Hall–Kier alpha value is -2.74. The summed E-state index contributed by atoms with van der Waals surface area (Å²) in [5.74, 6) is 0. The summed E-state index contributed by atoms with van der Waals surface area (Å²) in [6.45, 7) is 0.413. The molecule has 4 rings (SSSR count). The fourth-order valence-corrected chi connectivity index (χ4v) is 3.33. The molecule has 116 valence electrons. The maximum absolute atomic E-state index is 12.7. The van der Waals surface area contributed by atoms with Crippen LogP contribution in [0.3, 0.4) is 0 Å². The second-order valence-corrected chi connectivity index (χ2v) is 6.38. The van der Waals surface area contributed by atoms with Crippen LogP contribution in [0.1, 0.15) is 5.69 Å². The summed E-state index contributed by atoms with van der Waals surface area (Å²) >= 11 is 1.36. The van der Waals surface area contributed by atoms with E-state index in [4.69, 9.17) is 0 Å². The Bertz CT molecular complexity index is 1060. The molecule has 0 saturated heterocycles. The van der Waals surface area contributed by atoms with Gasteiger partial charge in [0.05, 0.1) is 17.8 Å². The molecule has 0 spiro atoms. The fraction of sp³-hybridized carbons (Fsp3) is 0.200. The topological polar surface area (TPSA) is 68.3 Å². The van der Waals surface area contributed by atoms with Crippen LogP contribution in [0.2, 0.25) is 0 Å². The number of hydrogen-bond donors (Lipinski definition) is 0.